The quantitative estimate of drug-likeness (QED) is 0.672. The number of halogens is 1. The maximum Gasteiger partial charge on any atom is 0.344 e. The van der Waals surface area contributed by atoms with E-state index >= 15 is 0 Å². The number of carbonyl (C=O) groups excluding carboxylic acids is 2. The summed E-state index contributed by atoms with van der Waals surface area (Å²) in [5.74, 6) is -0.0531. The Morgan fingerprint density at radius 1 is 1.03 bits per heavy atom. The minimum Gasteiger partial charge on any atom is -0.482 e. The van der Waals surface area contributed by atoms with E-state index in [1.54, 1.807) is 31.2 Å². The second-order valence-electron chi connectivity index (χ2n) is 6.36. The average molecular weight is 420 g/mol. The highest BCUT2D eigenvalue weighted by Crippen LogP contribution is 2.19. The molecule has 2 N–H and O–H groups in total. The van der Waals surface area contributed by atoms with Gasteiger partial charge in [-0.3, -0.25) is 4.79 Å². The Morgan fingerprint density at radius 2 is 1.69 bits per heavy atom. The predicted molar refractivity (Wildman–Crippen MR) is 115 cm³/mol. The lowest BCUT2D eigenvalue weighted by Gasteiger charge is -2.29. The fraction of sp³-hybridized carbons (Fsp3) is 0.333. The van der Waals surface area contributed by atoms with E-state index in [9.17, 15) is 9.59 Å². The number of ether oxygens (including phenoxy) is 2. The van der Waals surface area contributed by atoms with Crippen LogP contribution in [-0.4, -0.2) is 51.3 Å². The molecule has 8 heteroatoms. The number of nitrogens with zero attached hydrogens (tertiary/aromatic N) is 1. The molecule has 0 bridgehead atoms. The summed E-state index contributed by atoms with van der Waals surface area (Å²) in [5, 5.41) is 6.19. The molecule has 29 heavy (non-hydrogen) atoms. The van der Waals surface area contributed by atoms with Crippen LogP contribution in [0, 0.1) is 0 Å². The molecule has 2 aromatic carbocycles. The van der Waals surface area contributed by atoms with Crippen LogP contribution in [0.2, 0.25) is 0 Å². The molecule has 0 atom stereocenters. The number of rotatable bonds is 7. The third-order valence-corrected chi connectivity index (χ3v) is 4.39. The zero-order valence-corrected chi connectivity index (χ0v) is 17.2. The van der Waals surface area contributed by atoms with E-state index in [4.69, 9.17) is 9.47 Å². The van der Waals surface area contributed by atoms with Gasteiger partial charge in [0.25, 0.3) is 5.91 Å². The van der Waals surface area contributed by atoms with Crippen molar-refractivity contribution in [3.05, 3.63) is 54.1 Å². The van der Waals surface area contributed by atoms with Crippen LogP contribution in [0.4, 0.5) is 11.4 Å². The minimum absolute atomic E-state index is 0. The monoisotopic (exact) mass is 419 g/mol. The Labute approximate surface area is 176 Å². The lowest BCUT2D eigenvalue weighted by molar-refractivity contribution is -0.145. The van der Waals surface area contributed by atoms with Crippen LogP contribution >= 0.6 is 12.4 Å². The number of hydrogen-bond acceptors (Lipinski definition) is 6. The van der Waals surface area contributed by atoms with Gasteiger partial charge < -0.3 is 25.0 Å². The number of benzene rings is 2. The molecule has 1 aliphatic heterocycles. The van der Waals surface area contributed by atoms with E-state index in [1.165, 1.54) is 0 Å². The van der Waals surface area contributed by atoms with Crippen molar-refractivity contribution in [3.8, 4) is 5.75 Å². The molecule has 1 fully saturated rings. The minimum atomic E-state index is -0.413. The number of amides is 1. The summed E-state index contributed by atoms with van der Waals surface area (Å²) in [6.45, 7) is 5.81. The molecule has 1 heterocycles. The zero-order chi connectivity index (χ0) is 19.8. The van der Waals surface area contributed by atoms with Gasteiger partial charge >= 0.3 is 5.97 Å². The molecular weight excluding hydrogens is 394 g/mol. The van der Waals surface area contributed by atoms with Crippen molar-refractivity contribution < 1.29 is 19.1 Å². The second kappa shape index (κ2) is 11.3. The van der Waals surface area contributed by atoms with E-state index in [0.29, 0.717) is 23.6 Å². The fourth-order valence-electron chi connectivity index (χ4n) is 2.93. The average Bonchev–Trinajstić information content (AvgIpc) is 2.74. The molecule has 0 spiro atoms. The number of esters is 1. The standard InChI is InChI=1S/C21H25N3O4.ClH/c1-2-27-20(25)15-28-19-9-5-17(6-10-19)23-21(26)16-3-7-18(8-4-16)24-13-11-22-12-14-24;/h3-10,22H,2,11-15H2,1H3,(H,23,26);1H. The highest BCUT2D eigenvalue weighted by Gasteiger charge is 2.12. The van der Waals surface area contributed by atoms with Gasteiger partial charge in [-0.1, -0.05) is 0 Å². The molecule has 2 aromatic rings. The number of carbonyl (C=O) groups is 2. The van der Waals surface area contributed by atoms with Crippen LogP contribution in [0.1, 0.15) is 17.3 Å². The molecule has 1 amide bonds. The fourth-order valence-corrected chi connectivity index (χ4v) is 2.93. The van der Waals surface area contributed by atoms with Gasteiger partial charge in [0, 0.05) is 43.1 Å². The van der Waals surface area contributed by atoms with Crippen LogP contribution in [0.25, 0.3) is 0 Å². The zero-order valence-electron chi connectivity index (χ0n) is 16.3. The van der Waals surface area contributed by atoms with Crippen molar-refractivity contribution in [2.24, 2.45) is 0 Å². The third-order valence-electron chi connectivity index (χ3n) is 4.39. The molecule has 1 aliphatic rings. The smallest absolute Gasteiger partial charge is 0.344 e. The summed E-state index contributed by atoms with van der Waals surface area (Å²) in [6, 6.07) is 14.5. The van der Waals surface area contributed by atoms with Gasteiger partial charge in [-0.15, -0.1) is 12.4 Å². The summed E-state index contributed by atoms with van der Waals surface area (Å²) in [7, 11) is 0. The first kappa shape index (κ1) is 22.5. The molecular formula is C21H26ClN3O4. The van der Waals surface area contributed by atoms with Gasteiger partial charge in [-0.05, 0) is 55.5 Å². The highest BCUT2D eigenvalue weighted by atomic mass is 35.5. The maximum atomic E-state index is 12.4. The summed E-state index contributed by atoms with van der Waals surface area (Å²) < 4.78 is 10.1. The first-order valence-electron chi connectivity index (χ1n) is 9.41. The highest BCUT2D eigenvalue weighted by molar-refractivity contribution is 6.04. The van der Waals surface area contributed by atoms with E-state index in [0.717, 1.165) is 31.9 Å². The van der Waals surface area contributed by atoms with Crippen molar-refractivity contribution in [3.63, 3.8) is 0 Å². The van der Waals surface area contributed by atoms with Crippen molar-refractivity contribution >= 4 is 35.7 Å². The van der Waals surface area contributed by atoms with Gasteiger partial charge in [0.15, 0.2) is 6.61 Å². The Kier molecular flexibility index (Phi) is 8.76. The van der Waals surface area contributed by atoms with Crippen molar-refractivity contribution in [2.75, 3.05) is 49.6 Å². The number of anilines is 2. The summed E-state index contributed by atoms with van der Waals surface area (Å²) in [4.78, 5) is 26.0. The van der Waals surface area contributed by atoms with Gasteiger partial charge in [-0.25, -0.2) is 4.79 Å². The molecule has 1 saturated heterocycles. The topological polar surface area (TPSA) is 79.9 Å². The van der Waals surface area contributed by atoms with Crippen LogP contribution in [0.15, 0.2) is 48.5 Å². The number of piperazine rings is 1. The first-order valence-corrected chi connectivity index (χ1v) is 9.41. The lowest BCUT2D eigenvalue weighted by Crippen LogP contribution is -2.43. The Morgan fingerprint density at radius 3 is 2.31 bits per heavy atom. The number of nitrogens with one attached hydrogen (secondary N) is 2. The molecule has 0 aromatic heterocycles. The Bertz CT molecular complexity index is 791. The third kappa shape index (κ3) is 6.66. The largest absolute Gasteiger partial charge is 0.482 e. The van der Waals surface area contributed by atoms with E-state index in [1.807, 2.05) is 24.3 Å². The van der Waals surface area contributed by atoms with Crippen LogP contribution in [-0.2, 0) is 9.53 Å². The SMILES string of the molecule is CCOC(=O)COc1ccc(NC(=O)c2ccc(N3CCNCC3)cc2)cc1.Cl. The summed E-state index contributed by atoms with van der Waals surface area (Å²) >= 11 is 0. The summed E-state index contributed by atoms with van der Waals surface area (Å²) in [6.07, 6.45) is 0. The van der Waals surface area contributed by atoms with E-state index in [2.05, 4.69) is 15.5 Å². The van der Waals surface area contributed by atoms with Gasteiger partial charge in [0.2, 0.25) is 0 Å². The van der Waals surface area contributed by atoms with Gasteiger partial charge in [0.05, 0.1) is 6.61 Å². The van der Waals surface area contributed by atoms with Crippen LogP contribution in [0.3, 0.4) is 0 Å². The van der Waals surface area contributed by atoms with E-state index in [-0.39, 0.29) is 24.9 Å². The number of hydrogen-bond donors (Lipinski definition) is 2. The van der Waals surface area contributed by atoms with Crippen LogP contribution in [0.5, 0.6) is 5.75 Å². The van der Waals surface area contributed by atoms with Crippen LogP contribution < -0.4 is 20.3 Å². The Hall–Kier alpha value is -2.77. The molecule has 0 unspecified atom stereocenters. The Balaban J connectivity index is 0.00000300. The molecule has 7 nitrogen and oxygen atoms in total. The normalized spacial score (nSPS) is 13.2. The van der Waals surface area contributed by atoms with Gasteiger partial charge in [-0.2, -0.15) is 0 Å². The molecule has 0 saturated carbocycles. The summed E-state index contributed by atoms with van der Waals surface area (Å²) in [5.41, 5.74) is 2.38. The lowest BCUT2D eigenvalue weighted by atomic mass is 10.1. The van der Waals surface area contributed by atoms with Crippen molar-refractivity contribution in [1.29, 1.82) is 0 Å². The molecule has 0 aliphatic carbocycles. The molecule has 156 valence electrons. The second-order valence-corrected chi connectivity index (χ2v) is 6.36. The molecule has 0 radical (unpaired) electrons. The predicted octanol–water partition coefficient (Wildman–Crippen LogP) is 2.71. The van der Waals surface area contributed by atoms with E-state index < -0.39 is 5.97 Å². The van der Waals surface area contributed by atoms with Crippen molar-refractivity contribution in [1.82, 2.24) is 5.32 Å². The maximum absolute atomic E-state index is 12.4. The first-order chi connectivity index (χ1) is 13.7. The molecule has 3 rings (SSSR count). The van der Waals surface area contributed by atoms with Crippen molar-refractivity contribution in [2.45, 2.75) is 6.92 Å². The van der Waals surface area contributed by atoms with Gasteiger partial charge in [0.1, 0.15) is 5.75 Å².